The zero-order valence-electron chi connectivity index (χ0n) is 20.2. The SMILES string of the molecule is CCn1nc(-c2ccnc(NC)c2)cc1NC(=O)[C@H](Cc1ccc(F)cc1)N(C)c1ccc(F)cn1. The topological polar surface area (TPSA) is 88.0 Å². The van der Waals surface area contributed by atoms with Gasteiger partial charge in [0.25, 0.3) is 0 Å². The van der Waals surface area contributed by atoms with Gasteiger partial charge in [0, 0.05) is 44.9 Å². The molecule has 0 aliphatic rings. The largest absolute Gasteiger partial charge is 0.373 e. The second-order valence-corrected chi connectivity index (χ2v) is 8.19. The molecule has 0 radical (unpaired) electrons. The minimum Gasteiger partial charge on any atom is -0.373 e. The molecular weight excluding hydrogens is 464 g/mol. The molecule has 0 saturated carbocycles. The zero-order chi connectivity index (χ0) is 25.7. The number of aromatic nitrogens is 4. The zero-order valence-corrected chi connectivity index (χ0v) is 20.2. The third-order valence-electron chi connectivity index (χ3n) is 5.83. The Morgan fingerprint density at radius 3 is 2.47 bits per heavy atom. The molecule has 3 aromatic heterocycles. The Morgan fingerprint density at radius 2 is 1.81 bits per heavy atom. The maximum absolute atomic E-state index is 13.6. The maximum Gasteiger partial charge on any atom is 0.248 e. The highest BCUT2D eigenvalue weighted by Crippen LogP contribution is 2.25. The number of nitrogens with one attached hydrogen (secondary N) is 2. The number of amides is 1. The molecule has 3 heterocycles. The van der Waals surface area contributed by atoms with Gasteiger partial charge < -0.3 is 15.5 Å². The summed E-state index contributed by atoms with van der Waals surface area (Å²) in [5, 5.41) is 10.6. The Hall–Kier alpha value is -4.34. The Morgan fingerprint density at radius 1 is 1.06 bits per heavy atom. The quantitative estimate of drug-likeness (QED) is 0.362. The summed E-state index contributed by atoms with van der Waals surface area (Å²) in [6.07, 6.45) is 3.07. The predicted octanol–water partition coefficient (Wildman–Crippen LogP) is 4.37. The minimum absolute atomic E-state index is 0.282. The molecule has 0 unspecified atom stereocenters. The van der Waals surface area contributed by atoms with Crippen LogP contribution in [0, 0.1) is 11.6 Å². The highest BCUT2D eigenvalue weighted by Gasteiger charge is 2.26. The molecule has 0 aliphatic heterocycles. The van der Waals surface area contributed by atoms with Crippen molar-refractivity contribution in [3.8, 4) is 11.3 Å². The van der Waals surface area contributed by atoms with Gasteiger partial charge in [-0.05, 0) is 48.9 Å². The number of pyridine rings is 2. The van der Waals surface area contributed by atoms with Gasteiger partial charge in [0.1, 0.15) is 35.1 Å². The summed E-state index contributed by atoms with van der Waals surface area (Å²) in [6, 6.07) is 13.6. The van der Waals surface area contributed by atoms with Crippen LogP contribution in [-0.2, 0) is 17.8 Å². The summed E-state index contributed by atoms with van der Waals surface area (Å²) in [6.45, 7) is 2.47. The van der Waals surface area contributed by atoms with Crippen LogP contribution in [0.2, 0.25) is 0 Å². The van der Waals surface area contributed by atoms with Crippen molar-refractivity contribution in [3.05, 3.63) is 84.2 Å². The molecule has 0 aliphatic carbocycles. The number of rotatable bonds is 9. The van der Waals surface area contributed by atoms with Crippen molar-refractivity contribution < 1.29 is 13.6 Å². The smallest absolute Gasteiger partial charge is 0.248 e. The van der Waals surface area contributed by atoms with Crippen LogP contribution >= 0.6 is 0 Å². The normalized spacial score (nSPS) is 11.7. The molecule has 8 nitrogen and oxygen atoms in total. The lowest BCUT2D eigenvalue weighted by atomic mass is 10.0. The lowest BCUT2D eigenvalue weighted by Gasteiger charge is -2.28. The predicted molar refractivity (Wildman–Crippen MR) is 136 cm³/mol. The first kappa shape index (κ1) is 24.8. The first-order valence-corrected chi connectivity index (χ1v) is 11.5. The van der Waals surface area contributed by atoms with Gasteiger partial charge in [-0.3, -0.25) is 4.79 Å². The fraction of sp³-hybridized carbons (Fsp3) is 0.231. The van der Waals surface area contributed by atoms with E-state index in [1.165, 1.54) is 24.3 Å². The van der Waals surface area contributed by atoms with Crippen LogP contribution in [0.25, 0.3) is 11.3 Å². The van der Waals surface area contributed by atoms with E-state index >= 15 is 0 Å². The van der Waals surface area contributed by atoms with E-state index in [0.29, 0.717) is 29.7 Å². The third kappa shape index (κ3) is 5.65. The Labute approximate surface area is 208 Å². The monoisotopic (exact) mass is 491 g/mol. The third-order valence-corrected chi connectivity index (χ3v) is 5.83. The van der Waals surface area contributed by atoms with Crippen molar-refractivity contribution in [2.75, 3.05) is 29.6 Å². The number of benzene rings is 1. The van der Waals surface area contributed by atoms with Gasteiger partial charge in [0.15, 0.2) is 0 Å². The molecule has 4 rings (SSSR count). The van der Waals surface area contributed by atoms with Crippen molar-refractivity contribution >= 4 is 23.4 Å². The van der Waals surface area contributed by atoms with Crippen molar-refractivity contribution in [3.63, 3.8) is 0 Å². The standard InChI is InChI=1S/C26H27F2N7O/c1-4-35-25(15-21(33-35)18-11-12-30-23(14-18)29-2)32-26(36)22(13-17-5-7-19(27)8-6-17)34(3)24-10-9-20(28)16-31-24/h5-12,14-16,22H,4,13H2,1-3H3,(H,29,30)(H,32,36)/t22-/m0/s1. The molecule has 1 atom stereocenters. The van der Waals surface area contributed by atoms with Gasteiger partial charge in [0.2, 0.25) is 5.91 Å². The first-order valence-electron chi connectivity index (χ1n) is 11.5. The van der Waals surface area contributed by atoms with Crippen LogP contribution < -0.4 is 15.5 Å². The lowest BCUT2D eigenvalue weighted by molar-refractivity contribution is -0.117. The second-order valence-electron chi connectivity index (χ2n) is 8.19. The summed E-state index contributed by atoms with van der Waals surface area (Å²) in [4.78, 5) is 23.6. The number of carbonyl (C=O) groups is 1. The Bertz CT molecular complexity index is 1320. The molecule has 0 fully saturated rings. The van der Waals surface area contributed by atoms with Crippen LogP contribution in [0.5, 0.6) is 0 Å². The molecule has 1 amide bonds. The fourth-order valence-electron chi connectivity index (χ4n) is 3.82. The van der Waals surface area contributed by atoms with E-state index in [1.54, 1.807) is 48.1 Å². The number of anilines is 3. The lowest BCUT2D eigenvalue weighted by Crippen LogP contribution is -2.44. The average molecular weight is 492 g/mol. The maximum atomic E-state index is 13.6. The summed E-state index contributed by atoms with van der Waals surface area (Å²) in [5.41, 5.74) is 2.31. The number of halogens is 2. The summed E-state index contributed by atoms with van der Waals surface area (Å²) >= 11 is 0. The van der Waals surface area contributed by atoms with Gasteiger partial charge in [-0.25, -0.2) is 23.4 Å². The van der Waals surface area contributed by atoms with Gasteiger partial charge >= 0.3 is 0 Å². The molecule has 0 spiro atoms. The molecule has 186 valence electrons. The first-order chi connectivity index (χ1) is 17.4. The van der Waals surface area contributed by atoms with E-state index < -0.39 is 11.9 Å². The van der Waals surface area contributed by atoms with Crippen LogP contribution in [-0.4, -0.2) is 45.8 Å². The number of hydrogen-bond donors (Lipinski definition) is 2. The van der Waals surface area contributed by atoms with Gasteiger partial charge in [-0.2, -0.15) is 5.10 Å². The van der Waals surface area contributed by atoms with E-state index in [2.05, 4.69) is 25.7 Å². The van der Waals surface area contributed by atoms with Crippen molar-refractivity contribution in [2.24, 2.45) is 0 Å². The van der Waals surface area contributed by atoms with E-state index in [-0.39, 0.29) is 18.1 Å². The van der Waals surface area contributed by atoms with Crippen LogP contribution in [0.1, 0.15) is 12.5 Å². The van der Waals surface area contributed by atoms with Gasteiger partial charge in [-0.1, -0.05) is 12.1 Å². The molecule has 36 heavy (non-hydrogen) atoms. The Balaban J connectivity index is 1.63. The molecule has 0 bridgehead atoms. The van der Waals surface area contributed by atoms with E-state index in [4.69, 9.17) is 0 Å². The summed E-state index contributed by atoms with van der Waals surface area (Å²) in [5.74, 6) is 0.537. The van der Waals surface area contributed by atoms with Crippen LogP contribution in [0.4, 0.5) is 26.2 Å². The average Bonchev–Trinajstić information content (AvgIpc) is 3.31. The number of hydrogen-bond acceptors (Lipinski definition) is 6. The Kier molecular flexibility index (Phi) is 7.53. The minimum atomic E-state index is -0.714. The number of carbonyl (C=O) groups excluding carboxylic acids is 1. The van der Waals surface area contributed by atoms with E-state index in [9.17, 15) is 13.6 Å². The summed E-state index contributed by atoms with van der Waals surface area (Å²) in [7, 11) is 3.50. The molecule has 10 heteroatoms. The van der Waals surface area contributed by atoms with Crippen LogP contribution in [0.15, 0.2) is 67.0 Å². The molecule has 2 N–H and O–H groups in total. The highest BCUT2D eigenvalue weighted by molar-refractivity contribution is 5.96. The van der Waals surface area contributed by atoms with Gasteiger partial charge in [-0.15, -0.1) is 0 Å². The van der Waals surface area contributed by atoms with Crippen molar-refractivity contribution in [2.45, 2.75) is 25.9 Å². The van der Waals surface area contributed by atoms with Gasteiger partial charge in [0.05, 0.1) is 11.9 Å². The van der Waals surface area contributed by atoms with Crippen molar-refractivity contribution in [1.82, 2.24) is 19.7 Å². The molecule has 0 saturated heterocycles. The van der Waals surface area contributed by atoms with Crippen LogP contribution in [0.3, 0.4) is 0 Å². The number of likely N-dealkylation sites (N-methyl/N-ethyl adjacent to an activating group) is 1. The van der Waals surface area contributed by atoms with E-state index in [1.807, 2.05) is 19.1 Å². The molecule has 1 aromatic carbocycles. The fourth-order valence-corrected chi connectivity index (χ4v) is 3.82. The molecule has 4 aromatic rings. The molecular formula is C26H27F2N7O. The summed E-state index contributed by atoms with van der Waals surface area (Å²) < 4.78 is 28.6. The highest BCUT2D eigenvalue weighted by atomic mass is 19.1. The van der Waals surface area contributed by atoms with E-state index in [0.717, 1.165) is 17.3 Å². The number of aryl methyl sites for hydroxylation is 1. The number of nitrogens with zero attached hydrogens (tertiary/aromatic N) is 5. The second kappa shape index (κ2) is 10.9. The van der Waals surface area contributed by atoms with Crippen molar-refractivity contribution in [1.29, 1.82) is 0 Å².